The van der Waals surface area contributed by atoms with E-state index in [1.165, 1.54) is 36.1 Å². The summed E-state index contributed by atoms with van der Waals surface area (Å²) in [6, 6.07) is 16.8. The van der Waals surface area contributed by atoms with Crippen LogP contribution in [0.5, 0.6) is 0 Å². The number of piperidine rings is 1. The van der Waals surface area contributed by atoms with Crippen molar-refractivity contribution >= 4 is 28.8 Å². The number of nitrogens with zero attached hydrogens (tertiary/aromatic N) is 3. The van der Waals surface area contributed by atoms with Crippen LogP contribution in [-0.2, 0) is 0 Å². The predicted molar refractivity (Wildman–Crippen MR) is 117 cm³/mol. The zero-order valence-electron chi connectivity index (χ0n) is 16.6. The molecule has 0 bridgehead atoms. The van der Waals surface area contributed by atoms with E-state index in [0.717, 1.165) is 30.3 Å². The van der Waals surface area contributed by atoms with Crippen molar-refractivity contribution in [3.63, 3.8) is 0 Å². The molecule has 1 aliphatic heterocycles. The maximum absolute atomic E-state index is 4.60. The van der Waals surface area contributed by atoms with Crippen LogP contribution >= 0.6 is 0 Å². The molecule has 0 atom stereocenters. The van der Waals surface area contributed by atoms with Gasteiger partial charge in [-0.1, -0.05) is 12.1 Å². The van der Waals surface area contributed by atoms with E-state index in [9.17, 15) is 0 Å². The number of anilines is 5. The van der Waals surface area contributed by atoms with Gasteiger partial charge in [0, 0.05) is 36.3 Å². The fraction of sp³-hybridized carbons (Fsp3) is 0.304. The third-order valence-electron chi connectivity index (χ3n) is 5.16. The Kier molecular flexibility index (Phi) is 5.42. The Morgan fingerprint density at radius 1 is 0.857 bits per heavy atom. The molecule has 28 heavy (non-hydrogen) atoms. The second-order valence-electron chi connectivity index (χ2n) is 7.43. The normalized spacial score (nSPS) is 14.0. The number of rotatable bonds is 5. The molecular weight excluding hydrogens is 346 g/mol. The molecule has 0 saturated carbocycles. The first kappa shape index (κ1) is 18.3. The highest BCUT2D eigenvalue weighted by Gasteiger charge is 2.10. The minimum absolute atomic E-state index is 0.584. The summed E-state index contributed by atoms with van der Waals surface area (Å²) in [6.45, 7) is 6.49. The molecule has 1 fully saturated rings. The van der Waals surface area contributed by atoms with Gasteiger partial charge in [0.05, 0.1) is 0 Å². The Bertz CT molecular complexity index is 930. The molecule has 0 unspecified atom stereocenters. The number of hydrogen-bond acceptors (Lipinski definition) is 5. The maximum atomic E-state index is 4.60. The van der Waals surface area contributed by atoms with Crippen molar-refractivity contribution in [3.8, 4) is 0 Å². The van der Waals surface area contributed by atoms with Gasteiger partial charge in [-0.05, 0) is 80.6 Å². The summed E-state index contributed by atoms with van der Waals surface area (Å²) in [6.07, 6.45) is 5.69. The Morgan fingerprint density at radius 3 is 2.43 bits per heavy atom. The van der Waals surface area contributed by atoms with Crippen molar-refractivity contribution in [2.24, 2.45) is 0 Å². The molecule has 2 N–H and O–H groups in total. The fourth-order valence-electron chi connectivity index (χ4n) is 3.53. The van der Waals surface area contributed by atoms with Gasteiger partial charge in [-0.15, -0.1) is 0 Å². The average molecular weight is 374 g/mol. The number of benzene rings is 2. The van der Waals surface area contributed by atoms with Gasteiger partial charge in [-0.3, -0.25) is 0 Å². The van der Waals surface area contributed by atoms with Crippen molar-refractivity contribution in [3.05, 3.63) is 65.9 Å². The molecule has 4 rings (SSSR count). The molecule has 1 saturated heterocycles. The van der Waals surface area contributed by atoms with Gasteiger partial charge in [0.25, 0.3) is 0 Å². The zero-order chi connectivity index (χ0) is 19.3. The topological polar surface area (TPSA) is 53.1 Å². The molecule has 1 aliphatic rings. The first-order valence-electron chi connectivity index (χ1n) is 9.97. The van der Waals surface area contributed by atoms with Crippen LogP contribution in [-0.4, -0.2) is 23.1 Å². The van der Waals surface area contributed by atoms with E-state index in [1.807, 2.05) is 6.07 Å². The molecule has 3 aromatic rings. The third-order valence-corrected chi connectivity index (χ3v) is 5.16. The summed E-state index contributed by atoms with van der Waals surface area (Å²) in [5.41, 5.74) is 5.75. The van der Waals surface area contributed by atoms with Gasteiger partial charge in [0.1, 0.15) is 5.82 Å². The van der Waals surface area contributed by atoms with Crippen LogP contribution in [0.4, 0.5) is 28.8 Å². The lowest BCUT2D eigenvalue weighted by atomic mass is 10.1. The summed E-state index contributed by atoms with van der Waals surface area (Å²) < 4.78 is 0. The monoisotopic (exact) mass is 373 g/mol. The van der Waals surface area contributed by atoms with E-state index in [0.29, 0.717) is 5.95 Å². The van der Waals surface area contributed by atoms with Gasteiger partial charge in [0.2, 0.25) is 5.95 Å². The lowest BCUT2D eigenvalue weighted by Gasteiger charge is -2.28. The fourth-order valence-corrected chi connectivity index (χ4v) is 3.53. The first-order valence-corrected chi connectivity index (χ1v) is 9.97. The van der Waals surface area contributed by atoms with E-state index in [4.69, 9.17) is 0 Å². The molecule has 2 heterocycles. The maximum Gasteiger partial charge on any atom is 0.229 e. The highest BCUT2D eigenvalue weighted by molar-refractivity contribution is 5.64. The number of nitrogens with one attached hydrogen (secondary N) is 2. The van der Waals surface area contributed by atoms with Crippen molar-refractivity contribution in [2.45, 2.75) is 33.1 Å². The Labute approximate surface area is 166 Å². The zero-order valence-corrected chi connectivity index (χ0v) is 16.6. The van der Waals surface area contributed by atoms with Gasteiger partial charge in [-0.25, -0.2) is 4.98 Å². The molecular formula is C23H27N5. The molecule has 5 heteroatoms. The summed E-state index contributed by atoms with van der Waals surface area (Å²) in [5.74, 6) is 1.36. The van der Waals surface area contributed by atoms with Gasteiger partial charge >= 0.3 is 0 Å². The standard InChI is InChI=1S/C23H27N5/c1-17-6-7-18(2)21(16-17)26-22-12-13-24-23(27-22)25-19-8-10-20(11-9-19)28-14-4-3-5-15-28/h6-13,16H,3-5,14-15H2,1-2H3,(H2,24,25,26,27). The van der Waals surface area contributed by atoms with E-state index < -0.39 is 0 Å². The molecule has 1 aromatic heterocycles. The van der Waals surface area contributed by atoms with Crippen LogP contribution in [0.3, 0.4) is 0 Å². The molecule has 0 aliphatic carbocycles. The third kappa shape index (κ3) is 4.42. The first-order chi connectivity index (χ1) is 13.7. The molecule has 0 spiro atoms. The Hall–Kier alpha value is -3.08. The molecule has 0 amide bonds. The van der Waals surface area contributed by atoms with Crippen molar-refractivity contribution in [1.82, 2.24) is 9.97 Å². The highest BCUT2D eigenvalue weighted by atomic mass is 15.1. The van der Waals surface area contributed by atoms with Crippen LogP contribution in [0, 0.1) is 13.8 Å². The van der Waals surface area contributed by atoms with Gasteiger partial charge in [0.15, 0.2) is 0 Å². The summed E-state index contributed by atoms with van der Waals surface area (Å²) >= 11 is 0. The van der Waals surface area contributed by atoms with Crippen molar-refractivity contribution in [2.75, 3.05) is 28.6 Å². The number of aromatic nitrogens is 2. The molecule has 144 valence electrons. The molecule has 5 nitrogen and oxygen atoms in total. The van der Waals surface area contributed by atoms with E-state index in [1.54, 1.807) is 6.20 Å². The molecule has 0 radical (unpaired) electrons. The summed E-state index contributed by atoms with van der Waals surface area (Å²) in [5, 5.41) is 6.70. The highest BCUT2D eigenvalue weighted by Crippen LogP contribution is 2.24. The number of hydrogen-bond donors (Lipinski definition) is 2. The average Bonchev–Trinajstić information content (AvgIpc) is 2.72. The van der Waals surface area contributed by atoms with Crippen LogP contribution < -0.4 is 15.5 Å². The second-order valence-corrected chi connectivity index (χ2v) is 7.43. The van der Waals surface area contributed by atoms with Crippen LogP contribution in [0.25, 0.3) is 0 Å². The smallest absolute Gasteiger partial charge is 0.229 e. The lowest BCUT2D eigenvalue weighted by molar-refractivity contribution is 0.578. The van der Waals surface area contributed by atoms with Crippen molar-refractivity contribution < 1.29 is 0 Å². The second kappa shape index (κ2) is 8.30. The van der Waals surface area contributed by atoms with E-state index >= 15 is 0 Å². The number of aryl methyl sites for hydroxylation is 2. The van der Waals surface area contributed by atoms with Crippen molar-refractivity contribution in [1.29, 1.82) is 0 Å². The van der Waals surface area contributed by atoms with Crippen LogP contribution in [0.2, 0.25) is 0 Å². The minimum atomic E-state index is 0.584. The van der Waals surface area contributed by atoms with E-state index in [-0.39, 0.29) is 0 Å². The SMILES string of the molecule is Cc1ccc(C)c(Nc2ccnc(Nc3ccc(N4CCCCC4)cc3)n2)c1. The largest absolute Gasteiger partial charge is 0.372 e. The minimum Gasteiger partial charge on any atom is -0.372 e. The van der Waals surface area contributed by atoms with E-state index in [2.05, 4.69) is 81.8 Å². The van der Waals surface area contributed by atoms with Gasteiger partial charge < -0.3 is 15.5 Å². The Morgan fingerprint density at radius 2 is 1.64 bits per heavy atom. The summed E-state index contributed by atoms with van der Waals surface area (Å²) in [4.78, 5) is 11.4. The Balaban J connectivity index is 1.45. The molecule has 2 aromatic carbocycles. The lowest BCUT2D eigenvalue weighted by Crippen LogP contribution is -2.29. The quantitative estimate of drug-likeness (QED) is 0.612. The predicted octanol–water partition coefficient (Wildman–Crippen LogP) is 5.57. The van der Waals surface area contributed by atoms with Gasteiger partial charge in [-0.2, -0.15) is 4.98 Å². The van der Waals surface area contributed by atoms with Crippen LogP contribution in [0.1, 0.15) is 30.4 Å². The summed E-state index contributed by atoms with van der Waals surface area (Å²) in [7, 11) is 0. The van der Waals surface area contributed by atoms with Crippen LogP contribution in [0.15, 0.2) is 54.7 Å².